The van der Waals surface area contributed by atoms with Crippen LogP contribution in [0.3, 0.4) is 0 Å². The van der Waals surface area contributed by atoms with E-state index >= 15 is 0 Å². The maximum absolute atomic E-state index is 13.6. The van der Waals surface area contributed by atoms with E-state index in [9.17, 15) is 9.18 Å². The molecule has 1 N–H and O–H groups in total. The molecule has 0 bridgehead atoms. The maximum atomic E-state index is 13.6. The molecule has 230 valence electrons. The molecule has 0 radical (unpaired) electrons. The van der Waals surface area contributed by atoms with Crippen molar-refractivity contribution in [2.24, 2.45) is 0 Å². The molecule has 0 spiro atoms. The third kappa shape index (κ3) is 7.78. The van der Waals surface area contributed by atoms with Gasteiger partial charge in [-0.2, -0.15) is 0 Å². The highest BCUT2D eigenvalue weighted by molar-refractivity contribution is 6.31. The van der Waals surface area contributed by atoms with E-state index in [-0.39, 0.29) is 0 Å². The number of aromatic nitrogens is 1. The molecule has 0 saturated heterocycles. The molecule has 1 atom stereocenters. The first-order valence-corrected chi connectivity index (χ1v) is 15.1. The second-order valence-electron chi connectivity index (χ2n) is 10.8. The lowest BCUT2D eigenvalue weighted by Gasteiger charge is -2.35. The standard InChI is InChI=1S/C33H39ClFN3O5/c1-40-19-16-37(17-20-41-2)14-4-18-42-27-6-3-5-23(21-27)32-31-28(29-22-24(34)7-12-30(29)36-31)13-15-38(32)33(39)43-26-10-8-25(35)9-11-26/h3,5-6,8-11,21-22,32,36H,4,7,12-20H2,1-2H3. The number of carbonyl (C=O) groups excluding carboxylic acids is 1. The van der Waals surface area contributed by atoms with Crippen molar-refractivity contribution < 1.29 is 28.1 Å². The highest BCUT2D eigenvalue weighted by Crippen LogP contribution is 2.41. The molecule has 3 aromatic rings. The Morgan fingerprint density at radius 2 is 1.77 bits per heavy atom. The Hall–Kier alpha value is -3.37. The summed E-state index contributed by atoms with van der Waals surface area (Å²) in [5, 5.41) is 0.836. The van der Waals surface area contributed by atoms with E-state index in [2.05, 4.69) is 9.88 Å². The van der Waals surface area contributed by atoms with Crippen molar-refractivity contribution in [1.82, 2.24) is 14.8 Å². The average Bonchev–Trinajstić information content (AvgIpc) is 3.38. The lowest BCUT2D eigenvalue weighted by Crippen LogP contribution is -2.42. The first-order chi connectivity index (χ1) is 21.0. The lowest BCUT2D eigenvalue weighted by atomic mass is 9.90. The monoisotopic (exact) mass is 611 g/mol. The molecule has 43 heavy (non-hydrogen) atoms. The molecule has 1 unspecified atom stereocenters. The summed E-state index contributed by atoms with van der Waals surface area (Å²) >= 11 is 6.43. The van der Waals surface area contributed by atoms with Gasteiger partial charge in [0.25, 0.3) is 0 Å². The zero-order chi connectivity index (χ0) is 30.2. The SMILES string of the molecule is COCCN(CCCOc1cccc(C2c3[nH]c4c(c3CCN2C(=O)Oc2ccc(F)cc2)C=C(Cl)CC4)c1)CCOC. The van der Waals surface area contributed by atoms with Crippen LogP contribution in [-0.2, 0) is 22.3 Å². The molecule has 5 rings (SSSR count). The van der Waals surface area contributed by atoms with E-state index in [1.165, 1.54) is 29.8 Å². The van der Waals surface area contributed by atoms with Crippen LogP contribution in [-0.4, -0.2) is 81.1 Å². The molecular weight excluding hydrogens is 573 g/mol. The Bertz CT molecular complexity index is 1400. The van der Waals surface area contributed by atoms with Gasteiger partial charge >= 0.3 is 6.09 Å². The van der Waals surface area contributed by atoms with Crippen LogP contribution in [0.4, 0.5) is 9.18 Å². The Kier molecular flexibility index (Phi) is 10.8. The fourth-order valence-corrected chi connectivity index (χ4v) is 5.93. The molecule has 1 aliphatic carbocycles. The number of carbonyl (C=O) groups is 1. The van der Waals surface area contributed by atoms with Crippen molar-refractivity contribution in [3.8, 4) is 11.5 Å². The van der Waals surface area contributed by atoms with Gasteiger partial charge < -0.3 is 23.9 Å². The molecule has 0 saturated carbocycles. The molecule has 1 aliphatic heterocycles. The Balaban J connectivity index is 1.35. The van der Waals surface area contributed by atoms with Crippen LogP contribution in [0.15, 0.2) is 53.6 Å². The first-order valence-electron chi connectivity index (χ1n) is 14.7. The summed E-state index contributed by atoms with van der Waals surface area (Å²) < 4.78 is 35.8. The van der Waals surface area contributed by atoms with Crippen LogP contribution in [0.2, 0.25) is 0 Å². The number of fused-ring (bicyclic) bond motifs is 3. The summed E-state index contributed by atoms with van der Waals surface area (Å²) in [6, 6.07) is 12.9. The third-order valence-corrected chi connectivity index (χ3v) is 8.20. The predicted molar refractivity (Wildman–Crippen MR) is 164 cm³/mol. The Morgan fingerprint density at radius 3 is 2.51 bits per heavy atom. The number of methoxy groups -OCH3 is 2. The zero-order valence-corrected chi connectivity index (χ0v) is 25.5. The largest absolute Gasteiger partial charge is 0.494 e. The van der Waals surface area contributed by atoms with E-state index in [4.69, 9.17) is 30.5 Å². The lowest BCUT2D eigenvalue weighted by molar-refractivity contribution is 0.110. The summed E-state index contributed by atoms with van der Waals surface area (Å²) in [6.45, 7) is 4.88. The van der Waals surface area contributed by atoms with Crippen molar-refractivity contribution in [3.05, 3.63) is 87.5 Å². The van der Waals surface area contributed by atoms with Gasteiger partial charge in [-0.25, -0.2) is 9.18 Å². The number of nitrogens with one attached hydrogen (secondary N) is 1. The number of ether oxygens (including phenoxy) is 4. The quantitative estimate of drug-likeness (QED) is 0.232. The van der Waals surface area contributed by atoms with Crippen LogP contribution < -0.4 is 9.47 Å². The Labute approximate surface area is 257 Å². The van der Waals surface area contributed by atoms with Crippen LogP contribution in [0.1, 0.15) is 47.0 Å². The number of H-pyrrole nitrogens is 1. The number of allylic oxidation sites excluding steroid dienone is 1. The number of benzene rings is 2. The Morgan fingerprint density at radius 1 is 1.00 bits per heavy atom. The topological polar surface area (TPSA) is 76.3 Å². The fourth-order valence-electron chi connectivity index (χ4n) is 5.73. The number of halogens is 2. The molecule has 2 aliphatic rings. The number of hydrogen-bond donors (Lipinski definition) is 1. The van der Waals surface area contributed by atoms with Crippen molar-refractivity contribution in [2.75, 3.05) is 60.2 Å². The summed E-state index contributed by atoms with van der Waals surface area (Å²) in [6.07, 6.45) is 4.66. The second-order valence-corrected chi connectivity index (χ2v) is 11.3. The van der Waals surface area contributed by atoms with Gasteiger partial charge in [0.2, 0.25) is 0 Å². The molecular formula is C33H39ClFN3O5. The highest BCUT2D eigenvalue weighted by Gasteiger charge is 2.37. The van der Waals surface area contributed by atoms with Gasteiger partial charge in [0.1, 0.15) is 23.4 Å². The van der Waals surface area contributed by atoms with Gasteiger partial charge in [-0.3, -0.25) is 9.80 Å². The van der Waals surface area contributed by atoms with E-state index in [1.54, 1.807) is 19.1 Å². The summed E-state index contributed by atoms with van der Waals surface area (Å²) in [5.41, 5.74) is 5.29. The van der Waals surface area contributed by atoms with Gasteiger partial charge in [-0.15, -0.1) is 0 Å². The minimum atomic E-state index is -0.498. The number of amides is 1. The fraction of sp³-hybridized carbons (Fsp3) is 0.424. The van der Waals surface area contributed by atoms with Crippen LogP contribution in [0.5, 0.6) is 11.5 Å². The molecule has 1 amide bonds. The number of rotatable bonds is 13. The van der Waals surface area contributed by atoms with E-state index in [0.717, 1.165) is 72.2 Å². The average molecular weight is 612 g/mol. The molecule has 2 aromatic carbocycles. The van der Waals surface area contributed by atoms with Crippen LogP contribution in [0, 0.1) is 5.82 Å². The normalized spacial score (nSPS) is 16.1. The molecule has 8 nitrogen and oxygen atoms in total. The van der Waals surface area contributed by atoms with Crippen molar-refractivity contribution in [2.45, 2.75) is 31.7 Å². The molecule has 1 aromatic heterocycles. The second kappa shape index (κ2) is 14.9. The van der Waals surface area contributed by atoms with Crippen LogP contribution >= 0.6 is 11.6 Å². The van der Waals surface area contributed by atoms with Crippen molar-refractivity contribution in [1.29, 1.82) is 0 Å². The number of hydrogen-bond acceptors (Lipinski definition) is 6. The van der Waals surface area contributed by atoms with Crippen molar-refractivity contribution >= 4 is 23.8 Å². The minimum Gasteiger partial charge on any atom is -0.494 e. The molecule has 0 fully saturated rings. The van der Waals surface area contributed by atoms with Gasteiger partial charge in [0.05, 0.1) is 19.8 Å². The van der Waals surface area contributed by atoms with E-state index in [1.807, 2.05) is 30.3 Å². The van der Waals surface area contributed by atoms with Crippen molar-refractivity contribution in [3.63, 3.8) is 0 Å². The van der Waals surface area contributed by atoms with Gasteiger partial charge in [-0.05, 0) is 84.8 Å². The highest BCUT2D eigenvalue weighted by atomic mass is 35.5. The third-order valence-electron chi connectivity index (χ3n) is 7.90. The first kappa shape index (κ1) is 31.1. The minimum absolute atomic E-state index is 0.290. The summed E-state index contributed by atoms with van der Waals surface area (Å²) in [4.78, 5) is 21.2. The van der Waals surface area contributed by atoms with E-state index < -0.39 is 18.0 Å². The maximum Gasteiger partial charge on any atom is 0.416 e. The molecule has 10 heteroatoms. The van der Waals surface area contributed by atoms with E-state index in [0.29, 0.717) is 38.5 Å². The zero-order valence-electron chi connectivity index (χ0n) is 24.7. The number of aromatic amines is 1. The van der Waals surface area contributed by atoms with Gasteiger partial charge in [-0.1, -0.05) is 23.7 Å². The smallest absolute Gasteiger partial charge is 0.416 e. The van der Waals surface area contributed by atoms with Gasteiger partial charge in [0.15, 0.2) is 0 Å². The summed E-state index contributed by atoms with van der Waals surface area (Å²) in [5.74, 6) is 0.632. The number of aryl methyl sites for hydroxylation is 1. The van der Waals surface area contributed by atoms with Gasteiger partial charge in [0, 0.05) is 56.8 Å². The summed E-state index contributed by atoms with van der Waals surface area (Å²) in [7, 11) is 3.41. The predicted octanol–water partition coefficient (Wildman–Crippen LogP) is 6.19. The molecule has 2 heterocycles. The number of nitrogens with zero attached hydrogens (tertiary/aromatic N) is 2. The van der Waals surface area contributed by atoms with Crippen LogP contribution in [0.25, 0.3) is 6.08 Å².